The minimum absolute atomic E-state index is 0.0936. The first-order valence-electron chi connectivity index (χ1n) is 8.63. The average Bonchev–Trinajstić information content (AvgIpc) is 2.70. The summed E-state index contributed by atoms with van der Waals surface area (Å²) in [6, 6.07) is 7.27. The van der Waals surface area contributed by atoms with E-state index in [9.17, 15) is 14.9 Å². The van der Waals surface area contributed by atoms with Gasteiger partial charge in [-0.25, -0.2) is 4.79 Å². The zero-order valence-corrected chi connectivity index (χ0v) is 16.1. The summed E-state index contributed by atoms with van der Waals surface area (Å²) in [6.07, 6.45) is 0. The number of aromatic nitrogens is 2. The average molecular weight is 383 g/mol. The lowest BCUT2D eigenvalue weighted by Gasteiger charge is -2.28. The number of benzene rings is 1. The summed E-state index contributed by atoms with van der Waals surface area (Å²) >= 11 is 0. The van der Waals surface area contributed by atoms with Gasteiger partial charge in [0, 0.05) is 14.1 Å². The van der Waals surface area contributed by atoms with Crippen molar-refractivity contribution in [2.75, 3.05) is 19.0 Å². The van der Waals surface area contributed by atoms with Crippen molar-refractivity contribution in [3.63, 3.8) is 0 Å². The molecule has 1 aromatic carbocycles. The number of rotatable bonds is 4. The third-order valence-corrected chi connectivity index (χ3v) is 4.76. The molecule has 1 aromatic heterocycles. The Hall–Kier alpha value is -3.67. The van der Waals surface area contributed by atoms with Crippen LogP contribution in [-0.4, -0.2) is 22.9 Å². The summed E-state index contributed by atoms with van der Waals surface area (Å²) < 4.78 is 13.3. The van der Waals surface area contributed by atoms with Gasteiger partial charge < -0.3 is 20.5 Å². The standard InChI is InChI=1S/C19H21N5O4/c1-5-28-12-7-6-10(8-13(12)27-4)14-11(9-20)16(21)22-17-15(14)18(25)24(3)19(26)23(17)2/h6-8,14,22H,5,21H2,1-4H3/t14-/m1/s1. The molecule has 3 rings (SSSR count). The SMILES string of the molecule is CCOc1ccc([C@@H]2C(C#N)=C(N)Nc3c2c(=O)n(C)c(=O)n3C)cc1OC. The first kappa shape index (κ1) is 19.1. The van der Waals surface area contributed by atoms with E-state index in [1.807, 2.05) is 6.92 Å². The Labute approximate surface area is 161 Å². The van der Waals surface area contributed by atoms with E-state index in [2.05, 4.69) is 11.4 Å². The number of allylic oxidation sites excluding steroid dienone is 1. The quantitative estimate of drug-likeness (QED) is 0.798. The van der Waals surface area contributed by atoms with Crippen LogP contribution in [0.3, 0.4) is 0 Å². The van der Waals surface area contributed by atoms with Gasteiger partial charge in [-0.2, -0.15) is 5.26 Å². The molecule has 1 atom stereocenters. The van der Waals surface area contributed by atoms with Crippen LogP contribution in [0, 0.1) is 11.3 Å². The van der Waals surface area contributed by atoms with E-state index < -0.39 is 17.2 Å². The van der Waals surface area contributed by atoms with Crippen molar-refractivity contribution in [1.29, 1.82) is 5.26 Å². The first-order chi connectivity index (χ1) is 13.3. The van der Waals surface area contributed by atoms with Crippen molar-refractivity contribution < 1.29 is 9.47 Å². The zero-order valence-electron chi connectivity index (χ0n) is 16.1. The van der Waals surface area contributed by atoms with Crippen LogP contribution in [0.5, 0.6) is 11.5 Å². The second-order valence-corrected chi connectivity index (χ2v) is 6.31. The number of nitriles is 1. The lowest BCUT2D eigenvalue weighted by molar-refractivity contribution is 0.310. The molecule has 9 nitrogen and oxygen atoms in total. The fraction of sp³-hybridized carbons (Fsp3) is 0.316. The molecule has 0 radical (unpaired) electrons. The van der Waals surface area contributed by atoms with Crippen molar-refractivity contribution in [3.8, 4) is 17.6 Å². The molecule has 146 valence electrons. The Morgan fingerprint density at radius 2 is 1.96 bits per heavy atom. The van der Waals surface area contributed by atoms with Crippen LogP contribution in [0.15, 0.2) is 39.2 Å². The number of ether oxygens (including phenoxy) is 2. The minimum atomic E-state index is -0.753. The molecule has 0 saturated heterocycles. The lowest BCUT2D eigenvalue weighted by atomic mass is 9.83. The molecular weight excluding hydrogens is 362 g/mol. The van der Waals surface area contributed by atoms with Crippen molar-refractivity contribution in [1.82, 2.24) is 9.13 Å². The van der Waals surface area contributed by atoms with Crippen LogP contribution in [0.4, 0.5) is 5.82 Å². The molecule has 9 heteroatoms. The predicted octanol–water partition coefficient (Wildman–Crippen LogP) is 0.743. The Morgan fingerprint density at radius 1 is 1.25 bits per heavy atom. The highest BCUT2D eigenvalue weighted by Gasteiger charge is 2.34. The third kappa shape index (κ3) is 2.79. The molecule has 1 aliphatic rings. The number of methoxy groups -OCH3 is 1. The number of hydrogen-bond acceptors (Lipinski definition) is 7. The molecule has 28 heavy (non-hydrogen) atoms. The summed E-state index contributed by atoms with van der Waals surface area (Å²) in [5.41, 5.74) is 6.14. The molecule has 0 amide bonds. The van der Waals surface area contributed by atoms with Gasteiger partial charge >= 0.3 is 5.69 Å². The maximum Gasteiger partial charge on any atom is 0.332 e. The Bertz CT molecular complexity index is 1140. The van der Waals surface area contributed by atoms with Gasteiger partial charge in [-0.05, 0) is 24.6 Å². The normalized spacial score (nSPS) is 15.5. The second kappa shape index (κ2) is 7.15. The maximum absolute atomic E-state index is 12.9. The Balaban J connectivity index is 2.34. The van der Waals surface area contributed by atoms with E-state index in [4.69, 9.17) is 15.2 Å². The summed E-state index contributed by atoms with van der Waals surface area (Å²) in [6.45, 7) is 2.32. The lowest BCUT2D eigenvalue weighted by Crippen LogP contribution is -2.43. The van der Waals surface area contributed by atoms with E-state index in [1.54, 1.807) is 18.2 Å². The van der Waals surface area contributed by atoms with Gasteiger partial charge in [0.25, 0.3) is 5.56 Å². The highest BCUT2D eigenvalue weighted by Crippen LogP contribution is 2.40. The molecule has 0 spiro atoms. The number of nitrogens with two attached hydrogens (primary N) is 1. The number of nitrogens with one attached hydrogen (secondary N) is 1. The second-order valence-electron chi connectivity index (χ2n) is 6.31. The van der Waals surface area contributed by atoms with E-state index in [1.165, 1.54) is 25.8 Å². The molecule has 3 N–H and O–H groups in total. The van der Waals surface area contributed by atoms with Crippen LogP contribution in [0.2, 0.25) is 0 Å². The van der Waals surface area contributed by atoms with Gasteiger partial charge in [-0.3, -0.25) is 13.9 Å². The smallest absolute Gasteiger partial charge is 0.332 e. The highest BCUT2D eigenvalue weighted by atomic mass is 16.5. The van der Waals surface area contributed by atoms with Crippen molar-refractivity contribution in [3.05, 3.63) is 61.6 Å². The van der Waals surface area contributed by atoms with Crippen molar-refractivity contribution in [2.24, 2.45) is 19.8 Å². The Morgan fingerprint density at radius 3 is 2.57 bits per heavy atom. The minimum Gasteiger partial charge on any atom is -0.493 e. The van der Waals surface area contributed by atoms with Gasteiger partial charge in [0.2, 0.25) is 0 Å². The van der Waals surface area contributed by atoms with Gasteiger partial charge in [0.05, 0.1) is 36.8 Å². The fourth-order valence-corrected chi connectivity index (χ4v) is 3.37. The Kier molecular flexibility index (Phi) is 4.88. The molecule has 1 aliphatic heterocycles. The summed E-state index contributed by atoms with van der Waals surface area (Å²) in [5.74, 6) is 0.624. The van der Waals surface area contributed by atoms with Crippen LogP contribution < -0.4 is 31.8 Å². The van der Waals surface area contributed by atoms with Crippen molar-refractivity contribution >= 4 is 5.82 Å². The van der Waals surface area contributed by atoms with E-state index in [-0.39, 0.29) is 22.8 Å². The number of anilines is 1. The molecule has 0 saturated carbocycles. The highest BCUT2D eigenvalue weighted by molar-refractivity contribution is 5.65. The van der Waals surface area contributed by atoms with Crippen LogP contribution in [0.1, 0.15) is 24.0 Å². The van der Waals surface area contributed by atoms with E-state index >= 15 is 0 Å². The number of hydrogen-bond donors (Lipinski definition) is 2. The number of fused-ring (bicyclic) bond motifs is 1. The molecule has 2 aromatic rings. The monoisotopic (exact) mass is 383 g/mol. The van der Waals surface area contributed by atoms with Crippen LogP contribution >= 0.6 is 0 Å². The topological polar surface area (TPSA) is 124 Å². The third-order valence-electron chi connectivity index (χ3n) is 4.76. The molecule has 0 bridgehead atoms. The number of nitrogens with zero attached hydrogens (tertiary/aromatic N) is 3. The molecule has 0 fully saturated rings. The largest absolute Gasteiger partial charge is 0.493 e. The van der Waals surface area contributed by atoms with E-state index in [0.717, 1.165) is 4.57 Å². The van der Waals surface area contributed by atoms with Crippen LogP contribution in [0.25, 0.3) is 0 Å². The summed E-state index contributed by atoms with van der Waals surface area (Å²) in [5, 5.41) is 12.5. The fourth-order valence-electron chi connectivity index (χ4n) is 3.37. The molecule has 0 aliphatic carbocycles. The molecule has 2 heterocycles. The predicted molar refractivity (Wildman–Crippen MR) is 103 cm³/mol. The van der Waals surface area contributed by atoms with Gasteiger partial charge in [-0.15, -0.1) is 0 Å². The van der Waals surface area contributed by atoms with Crippen LogP contribution in [-0.2, 0) is 14.1 Å². The summed E-state index contributed by atoms with van der Waals surface area (Å²) in [7, 11) is 4.44. The summed E-state index contributed by atoms with van der Waals surface area (Å²) in [4.78, 5) is 25.2. The molecule has 0 unspecified atom stereocenters. The van der Waals surface area contributed by atoms with Gasteiger partial charge in [0.15, 0.2) is 11.5 Å². The maximum atomic E-state index is 12.9. The molecular formula is C19H21N5O4. The van der Waals surface area contributed by atoms with Gasteiger partial charge in [0.1, 0.15) is 11.6 Å². The van der Waals surface area contributed by atoms with Crippen molar-refractivity contribution in [2.45, 2.75) is 12.8 Å². The first-order valence-corrected chi connectivity index (χ1v) is 8.63. The van der Waals surface area contributed by atoms with Gasteiger partial charge in [-0.1, -0.05) is 6.07 Å². The zero-order chi connectivity index (χ0) is 20.6. The van der Waals surface area contributed by atoms with E-state index in [0.29, 0.717) is 23.7 Å².